The number of hydrogen-bond donors (Lipinski definition) is 1. The molecule has 5 heteroatoms. The predicted molar refractivity (Wildman–Crippen MR) is 76.2 cm³/mol. The number of fused-ring (bicyclic) bond motifs is 2. The summed E-state index contributed by atoms with van der Waals surface area (Å²) >= 11 is 1.51. The van der Waals surface area contributed by atoms with Gasteiger partial charge >= 0.3 is 0 Å². The van der Waals surface area contributed by atoms with Crippen LogP contribution in [0.3, 0.4) is 0 Å². The van der Waals surface area contributed by atoms with Crippen LogP contribution in [0, 0.1) is 0 Å². The Bertz CT molecular complexity index is 691. The van der Waals surface area contributed by atoms with E-state index in [1.165, 1.54) is 11.3 Å². The summed E-state index contributed by atoms with van der Waals surface area (Å²) in [6.45, 7) is 0.0141. The van der Waals surface area contributed by atoms with E-state index < -0.39 is 0 Å². The maximum atomic E-state index is 9.32. The van der Waals surface area contributed by atoms with Crippen molar-refractivity contribution >= 4 is 32.2 Å². The fourth-order valence-electron chi connectivity index (χ4n) is 2.32. The van der Waals surface area contributed by atoms with Gasteiger partial charge in [-0.1, -0.05) is 0 Å². The first-order chi connectivity index (χ1) is 9.30. The number of ether oxygens (including phenoxy) is 2. The minimum absolute atomic E-state index is 0.0141. The lowest BCUT2D eigenvalue weighted by Gasteiger charge is -2.11. The Morgan fingerprint density at radius 2 is 1.95 bits per heavy atom. The monoisotopic (exact) mass is 275 g/mol. The minimum atomic E-state index is 0.0141. The lowest BCUT2D eigenvalue weighted by molar-refractivity contribution is 0.285. The Morgan fingerprint density at radius 1 is 1.16 bits per heavy atom. The zero-order valence-corrected chi connectivity index (χ0v) is 11.5. The molecule has 19 heavy (non-hydrogen) atoms. The molecule has 3 aromatic rings. The Morgan fingerprint density at radius 3 is 2.63 bits per heavy atom. The number of benzene rings is 1. The molecule has 0 saturated heterocycles. The fraction of sp³-hybridized carbons (Fsp3) is 0.214. The highest BCUT2D eigenvalue weighted by atomic mass is 32.1. The molecular weight excluding hydrogens is 262 g/mol. The van der Waals surface area contributed by atoms with E-state index in [0.717, 1.165) is 37.2 Å². The summed E-state index contributed by atoms with van der Waals surface area (Å²) < 4.78 is 12.0. The zero-order chi connectivity index (χ0) is 13.4. The summed E-state index contributed by atoms with van der Waals surface area (Å²) in [5, 5.41) is 12.2. The van der Waals surface area contributed by atoms with E-state index in [2.05, 4.69) is 4.98 Å². The highest BCUT2D eigenvalue weighted by Crippen LogP contribution is 2.45. The summed E-state index contributed by atoms with van der Waals surface area (Å²) in [6, 6.07) is 3.85. The second-order valence-corrected chi connectivity index (χ2v) is 5.24. The molecule has 0 atom stereocenters. The number of aliphatic hydroxyl groups excluding tert-OH is 1. The van der Waals surface area contributed by atoms with Gasteiger partial charge in [-0.15, -0.1) is 11.3 Å². The molecule has 0 saturated carbocycles. The van der Waals surface area contributed by atoms with Crippen molar-refractivity contribution in [3.8, 4) is 11.5 Å². The van der Waals surface area contributed by atoms with E-state index in [4.69, 9.17) is 9.47 Å². The SMILES string of the molecule is COc1c2ccncc2c(OC)c2sc(CO)cc12. The number of rotatable bonds is 3. The van der Waals surface area contributed by atoms with Gasteiger partial charge in [-0.05, 0) is 12.1 Å². The highest BCUT2D eigenvalue weighted by molar-refractivity contribution is 7.19. The van der Waals surface area contributed by atoms with Gasteiger partial charge in [-0.3, -0.25) is 4.98 Å². The van der Waals surface area contributed by atoms with Crippen molar-refractivity contribution in [2.45, 2.75) is 6.61 Å². The van der Waals surface area contributed by atoms with Crippen LogP contribution >= 0.6 is 11.3 Å². The molecule has 0 unspecified atom stereocenters. The maximum absolute atomic E-state index is 9.32. The van der Waals surface area contributed by atoms with Crippen LogP contribution in [0.2, 0.25) is 0 Å². The van der Waals surface area contributed by atoms with E-state index in [-0.39, 0.29) is 6.61 Å². The Labute approximate surface area is 114 Å². The van der Waals surface area contributed by atoms with E-state index in [1.54, 1.807) is 26.6 Å². The first-order valence-corrected chi connectivity index (χ1v) is 6.62. The third kappa shape index (κ3) is 1.74. The lowest BCUT2D eigenvalue weighted by Crippen LogP contribution is -1.91. The number of aliphatic hydroxyl groups is 1. The first-order valence-electron chi connectivity index (χ1n) is 5.81. The Balaban J connectivity index is 2.54. The van der Waals surface area contributed by atoms with Gasteiger partial charge in [-0.2, -0.15) is 0 Å². The molecule has 98 valence electrons. The van der Waals surface area contributed by atoms with Gasteiger partial charge < -0.3 is 14.6 Å². The van der Waals surface area contributed by atoms with Gasteiger partial charge in [0.1, 0.15) is 11.5 Å². The summed E-state index contributed by atoms with van der Waals surface area (Å²) in [6.07, 6.45) is 3.50. The van der Waals surface area contributed by atoms with Crippen LogP contribution in [0.1, 0.15) is 4.88 Å². The number of thiophene rings is 1. The van der Waals surface area contributed by atoms with Crippen molar-refractivity contribution in [1.82, 2.24) is 4.98 Å². The number of nitrogens with zero attached hydrogens (tertiary/aromatic N) is 1. The van der Waals surface area contributed by atoms with Crippen LogP contribution in [0.25, 0.3) is 20.9 Å². The van der Waals surface area contributed by atoms with Crippen molar-refractivity contribution in [2.75, 3.05) is 14.2 Å². The van der Waals surface area contributed by atoms with Gasteiger partial charge in [0.15, 0.2) is 0 Å². The molecule has 3 rings (SSSR count). The van der Waals surface area contributed by atoms with E-state index in [1.807, 2.05) is 12.1 Å². The maximum Gasteiger partial charge on any atom is 0.146 e. The largest absolute Gasteiger partial charge is 0.495 e. The molecule has 2 aromatic heterocycles. The highest BCUT2D eigenvalue weighted by Gasteiger charge is 2.17. The standard InChI is InChI=1S/C14H13NO3S/c1-17-12-9-3-4-15-6-11(9)13(18-2)14-10(12)5-8(7-16)19-14/h3-6,16H,7H2,1-2H3. The molecule has 0 radical (unpaired) electrons. The second kappa shape index (κ2) is 4.68. The lowest BCUT2D eigenvalue weighted by atomic mass is 10.1. The molecule has 1 aromatic carbocycles. The van der Waals surface area contributed by atoms with E-state index in [0.29, 0.717) is 0 Å². The second-order valence-electron chi connectivity index (χ2n) is 4.10. The number of pyridine rings is 1. The van der Waals surface area contributed by atoms with Crippen LogP contribution in [0.4, 0.5) is 0 Å². The number of methoxy groups -OCH3 is 2. The van der Waals surface area contributed by atoms with Crippen LogP contribution in [0.15, 0.2) is 24.5 Å². The predicted octanol–water partition coefficient (Wildman–Crippen LogP) is 2.96. The summed E-state index contributed by atoms with van der Waals surface area (Å²) in [5.41, 5.74) is 0. The normalized spacial score (nSPS) is 11.1. The molecule has 4 nitrogen and oxygen atoms in total. The first kappa shape index (κ1) is 12.2. The molecular formula is C14H13NO3S. The van der Waals surface area contributed by atoms with Crippen molar-refractivity contribution in [1.29, 1.82) is 0 Å². The number of aromatic nitrogens is 1. The molecule has 0 aliphatic carbocycles. The van der Waals surface area contributed by atoms with Crippen LogP contribution < -0.4 is 9.47 Å². The van der Waals surface area contributed by atoms with Crippen molar-refractivity contribution in [2.24, 2.45) is 0 Å². The third-order valence-electron chi connectivity index (χ3n) is 3.11. The zero-order valence-electron chi connectivity index (χ0n) is 10.6. The van der Waals surface area contributed by atoms with Gasteiger partial charge in [0.25, 0.3) is 0 Å². The smallest absolute Gasteiger partial charge is 0.146 e. The van der Waals surface area contributed by atoms with Gasteiger partial charge in [0.2, 0.25) is 0 Å². The van der Waals surface area contributed by atoms with Gasteiger partial charge in [0.05, 0.1) is 25.5 Å². The molecule has 0 amide bonds. The van der Waals surface area contributed by atoms with Crippen molar-refractivity contribution < 1.29 is 14.6 Å². The van der Waals surface area contributed by atoms with Crippen molar-refractivity contribution in [3.05, 3.63) is 29.4 Å². The Kier molecular flexibility index (Phi) is 3.00. The summed E-state index contributed by atoms with van der Waals surface area (Å²) in [7, 11) is 3.30. The molecule has 0 bridgehead atoms. The van der Waals surface area contributed by atoms with Crippen LogP contribution in [0.5, 0.6) is 11.5 Å². The molecule has 0 spiro atoms. The average Bonchev–Trinajstić information content (AvgIpc) is 2.88. The fourth-order valence-corrected chi connectivity index (χ4v) is 3.37. The minimum Gasteiger partial charge on any atom is -0.495 e. The van der Waals surface area contributed by atoms with Crippen LogP contribution in [-0.2, 0) is 6.61 Å². The van der Waals surface area contributed by atoms with Crippen molar-refractivity contribution in [3.63, 3.8) is 0 Å². The van der Waals surface area contributed by atoms with Gasteiger partial charge in [-0.25, -0.2) is 0 Å². The topological polar surface area (TPSA) is 51.6 Å². The number of hydrogen-bond acceptors (Lipinski definition) is 5. The van der Waals surface area contributed by atoms with E-state index in [9.17, 15) is 5.11 Å². The quantitative estimate of drug-likeness (QED) is 0.798. The van der Waals surface area contributed by atoms with Gasteiger partial charge in [0, 0.05) is 33.4 Å². The summed E-state index contributed by atoms with van der Waals surface area (Å²) in [4.78, 5) is 5.03. The Hall–Kier alpha value is -1.85. The molecule has 2 heterocycles. The molecule has 0 aliphatic heterocycles. The molecule has 0 fully saturated rings. The van der Waals surface area contributed by atoms with Crippen LogP contribution in [-0.4, -0.2) is 24.3 Å². The third-order valence-corrected chi connectivity index (χ3v) is 4.23. The summed E-state index contributed by atoms with van der Waals surface area (Å²) in [5.74, 6) is 1.58. The average molecular weight is 275 g/mol. The molecule has 1 N–H and O–H groups in total. The molecule has 0 aliphatic rings. The van der Waals surface area contributed by atoms with E-state index >= 15 is 0 Å².